The number of furan rings is 1. The second kappa shape index (κ2) is 8.16. The molecule has 0 saturated heterocycles. The van der Waals surface area contributed by atoms with E-state index in [1.165, 1.54) is 0 Å². The van der Waals surface area contributed by atoms with E-state index in [1.54, 1.807) is 13.0 Å². The number of carbonyl (C=O) groups excluding carboxylic acids is 1. The topological polar surface area (TPSA) is 42.7 Å². The molecule has 0 aliphatic carbocycles. The Bertz CT molecular complexity index is 361. The molecule has 0 saturated carbocycles. The molecule has 0 fully saturated rings. The molecule has 1 aromatic rings. The average Bonchev–Trinajstić information content (AvgIpc) is 2.80. The maximum absolute atomic E-state index is 11.5. The minimum Gasteiger partial charge on any atom is -0.460 e. The normalized spacial score (nSPS) is 12.1. The van der Waals surface area contributed by atoms with Gasteiger partial charge in [-0.25, -0.2) is 4.79 Å². The Morgan fingerprint density at radius 3 is 2.44 bits per heavy atom. The van der Waals surface area contributed by atoms with E-state index in [-0.39, 0.29) is 24.2 Å². The fraction of sp³-hybridized carbons (Fsp3) is 0.615. The molecule has 0 amide bonds. The van der Waals surface area contributed by atoms with Crippen molar-refractivity contribution in [3.8, 4) is 0 Å². The molecular weight excluding hydrogens is 254 g/mol. The van der Waals surface area contributed by atoms with Gasteiger partial charge in [-0.3, -0.25) is 4.90 Å². The third-order valence-electron chi connectivity index (χ3n) is 2.88. The summed E-state index contributed by atoms with van der Waals surface area (Å²) in [5, 5.41) is 0. The Hall–Kier alpha value is -1.00. The summed E-state index contributed by atoms with van der Waals surface area (Å²) in [6.45, 7) is 10.3. The van der Waals surface area contributed by atoms with Crippen molar-refractivity contribution in [1.29, 1.82) is 0 Å². The predicted molar refractivity (Wildman–Crippen MR) is 73.2 cm³/mol. The van der Waals surface area contributed by atoms with Crippen LogP contribution >= 0.6 is 12.4 Å². The first kappa shape index (κ1) is 17.0. The van der Waals surface area contributed by atoms with Gasteiger partial charge in [0.05, 0.1) is 12.6 Å². The number of carbonyl (C=O) groups is 1. The molecule has 1 heterocycles. The zero-order chi connectivity index (χ0) is 12.8. The zero-order valence-corrected chi connectivity index (χ0v) is 12.3. The highest BCUT2D eigenvalue weighted by atomic mass is 35.5. The van der Waals surface area contributed by atoms with Crippen molar-refractivity contribution in [2.45, 2.75) is 33.7 Å². The lowest BCUT2D eigenvalue weighted by atomic mass is 10.2. The van der Waals surface area contributed by atoms with Crippen LogP contribution in [0, 0.1) is 0 Å². The van der Waals surface area contributed by atoms with Crippen molar-refractivity contribution >= 4 is 18.4 Å². The molecule has 4 nitrogen and oxygen atoms in total. The van der Waals surface area contributed by atoms with Gasteiger partial charge in [0.25, 0.3) is 0 Å². The summed E-state index contributed by atoms with van der Waals surface area (Å²) in [6.07, 6.45) is 0. The molecule has 0 aromatic carbocycles. The van der Waals surface area contributed by atoms with E-state index in [2.05, 4.69) is 25.7 Å². The Morgan fingerprint density at radius 2 is 1.94 bits per heavy atom. The Kier molecular flexibility index (Phi) is 7.71. The number of rotatable bonds is 6. The quantitative estimate of drug-likeness (QED) is 0.747. The molecule has 0 aliphatic rings. The molecule has 0 radical (unpaired) electrons. The van der Waals surface area contributed by atoms with E-state index in [1.807, 2.05) is 6.07 Å². The Labute approximate surface area is 115 Å². The molecule has 1 rings (SSSR count). The van der Waals surface area contributed by atoms with Crippen LogP contribution in [0.4, 0.5) is 0 Å². The first-order valence-corrected chi connectivity index (χ1v) is 6.14. The van der Waals surface area contributed by atoms with E-state index in [4.69, 9.17) is 9.15 Å². The van der Waals surface area contributed by atoms with Gasteiger partial charge in [-0.15, -0.1) is 12.4 Å². The maximum Gasteiger partial charge on any atom is 0.374 e. The molecule has 0 spiro atoms. The number of nitrogens with zero attached hydrogens (tertiary/aromatic N) is 1. The summed E-state index contributed by atoms with van der Waals surface area (Å²) in [5.74, 6) is 0.683. The number of esters is 1. The summed E-state index contributed by atoms with van der Waals surface area (Å²) in [5.41, 5.74) is 0. The van der Waals surface area contributed by atoms with Crippen LogP contribution < -0.4 is 0 Å². The van der Waals surface area contributed by atoms with E-state index in [0.29, 0.717) is 6.61 Å². The van der Waals surface area contributed by atoms with E-state index in [0.717, 1.165) is 18.8 Å². The smallest absolute Gasteiger partial charge is 0.374 e. The first-order chi connectivity index (χ1) is 8.13. The Morgan fingerprint density at radius 1 is 1.33 bits per heavy atom. The van der Waals surface area contributed by atoms with Crippen molar-refractivity contribution < 1.29 is 13.9 Å². The molecule has 0 bridgehead atoms. The molecule has 5 heteroatoms. The van der Waals surface area contributed by atoms with Crippen LogP contribution in [0.3, 0.4) is 0 Å². The second-order valence-electron chi connectivity index (χ2n) is 3.82. The highest BCUT2D eigenvalue weighted by molar-refractivity contribution is 5.86. The first-order valence-electron chi connectivity index (χ1n) is 6.14. The van der Waals surface area contributed by atoms with Gasteiger partial charge in [-0.2, -0.15) is 0 Å². The molecular formula is C13H22ClNO3. The minimum absolute atomic E-state index is 0. The fourth-order valence-corrected chi connectivity index (χ4v) is 1.84. The lowest BCUT2D eigenvalue weighted by Gasteiger charge is -2.24. The number of hydrogen-bond acceptors (Lipinski definition) is 4. The molecule has 1 aromatic heterocycles. The van der Waals surface area contributed by atoms with Crippen molar-refractivity contribution in [1.82, 2.24) is 4.90 Å². The van der Waals surface area contributed by atoms with Gasteiger partial charge in [-0.1, -0.05) is 13.8 Å². The Balaban J connectivity index is 0.00000289. The minimum atomic E-state index is -0.398. The second-order valence-corrected chi connectivity index (χ2v) is 3.82. The highest BCUT2D eigenvalue weighted by Crippen LogP contribution is 2.22. The van der Waals surface area contributed by atoms with Crippen LogP contribution in [-0.4, -0.2) is 30.6 Å². The number of hydrogen-bond donors (Lipinski definition) is 0. The van der Waals surface area contributed by atoms with Gasteiger partial charge in [0.1, 0.15) is 5.76 Å². The summed E-state index contributed by atoms with van der Waals surface area (Å²) < 4.78 is 10.4. The van der Waals surface area contributed by atoms with Gasteiger partial charge in [-0.05, 0) is 39.1 Å². The molecule has 1 unspecified atom stereocenters. The third-order valence-corrected chi connectivity index (χ3v) is 2.88. The summed E-state index contributed by atoms with van der Waals surface area (Å²) >= 11 is 0. The lowest BCUT2D eigenvalue weighted by Crippen LogP contribution is -2.26. The molecule has 104 valence electrons. The zero-order valence-electron chi connectivity index (χ0n) is 11.4. The number of ether oxygens (including phenoxy) is 1. The van der Waals surface area contributed by atoms with Crippen molar-refractivity contribution in [2.24, 2.45) is 0 Å². The average molecular weight is 276 g/mol. The van der Waals surface area contributed by atoms with Crippen molar-refractivity contribution in [2.75, 3.05) is 19.7 Å². The van der Waals surface area contributed by atoms with Crippen molar-refractivity contribution in [3.63, 3.8) is 0 Å². The van der Waals surface area contributed by atoms with Gasteiger partial charge in [0.15, 0.2) is 0 Å². The van der Waals surface area contributed by atoms with Gasteiger partial charge in [0, 0.05) is 0 Å². The van der Waals surface area contributed by atoms with Crippen LogP contribution in [0.25, 0.3) is 0 Å². The van der Waals surface area contributed by atoms with Crippen LogP contribution in [0.1, 0.15) is 50.1 Å². The number of halogens is 1. The largest absolute Gasteiger partial charge is 0.460 e. The van der Waals surface area contributed by atoms with Crippen LogP contribution in [0.15, 0.2) is 16.5 Å². The third kappa shape index (κ3) is 4.03. The SMILES string of the molecule is CCOC(=O)c1ccc(C(C)N(CC)CC)o1.Cl. The van der Waals surface area contributed by atoms with Crippen LogP contribution in [0.2, 0.25) is 0 Å². The summed E-state index contributed by atoms with van der Waals surface area (Å²) in [7, 11) is 0. The van der Waals surface area contributed by atoms with Gasteiger partial charge in [0.2, 0.25) is 5.76 Å². The summed E-state index contributed by atoms with van der Waals surface area (Å²) in [6, 6.07) is 3.69. The van der Waals surface area contributed by atoms with E-state index >= 15 is 0 Å². The molecule has 1 atom stereocenters. The lowest BCUT2D eigenvalue weighted by molar-refractivity contribution is 0.0484. The maximum atomic E-state index is 11.5. The standard InChI is InChI=1S/C13H21NO3.ClH/c1-5-14(6-2)10(4)11-8-9-12(17-11)13(15)16-7-3;/h8-10H,5-7H2,1-4H3;1H. The summed E-state index contributed by atoms with van der Waals surface area (Å²) in [4.78, 5) is 13.7. The molecule has 18 heavy (non-hydrogen) atoms. The monoisotopic (exact) mass is 275 g/mol. The van der Waals surface area contributed by atoms with Crippen LogP contribution in [-0.2, 0) is 4.74 Å². The molecule has 0 N–H and O–H groups in total. The van der Waals surface area contributed by atoms with Crippen LogP contribution in [0.5, 0.6) is 0 Å². The molecule has 0 aliphatic heterocycles. The van der Waals surface area contributed by atoms with Crippen molar-refractivity contribution in [3.05, 3.63) is 23.7 Å². The highest BCUT2D eigenvalue weighted by Gasteiger charge is 2.19. The van der Waals surface area contributed by atoms with Gasteiger partial charge >= 0.3 is 5.97 Å². The van der Waals surface area contributed by atoms with Gasteiger partial charge < -0.3 is 9.15 Å². The van der Waals surface area contributed by atoms with E-state index in [9.17, 15) is 4.79 Å². The van der Waals surface area contributed by atoms with E-state index < -0.39 is 5.97 Å². The predicted octanol–water partition coefficient (Wildman–Crippen LogP) is 3.28. The fourth-order valence-electron chi connectivity index (χ4n) is 1.84.